The van der Waals surface area contributed by atoms with E-state index in [2.05, 4.69) is 5.32 Å². The van der Waals surface area contributed by atoms with E-state index in [0.29, 0.717) is 25.1 Å². The number of carboxylic acids is 1. The molecule has 0 unspecified atom stereocenters. The van der Waals surface area contributed by atoms with E-state index >= 15 is 0 Å². The highest BCUT2D eigenvalue weighted by Crippen LogP contribution is 2.27. The molecule has 8 heteroatoms. The van der Waals surface area contributed by atoms with Gasteiger partial charge in [-0.05, 0) is 43.5 Å². The minimum Gasteiger partial charge on any atom is -0.481 e. The predicted molar refractivity (Wildman–Crippen MR) is 103 cm³/mol. The van der Waals surface area contributed by atoms with Crippen molar-refractivity contribution in [3.8, 4) is 0 Å². The second kappa shape index (κ2) is 9.14. The number of carboxylic acid groups (broad SMARTS) is 1. The van der Waals surface area contributed by atoms with Gasteiger partial charge in [0.2, 0.25) is 15.9 Å². The fraction of sp³-hybridized carbons (Fsp3) is 0.474. The zero-order chi connectivity index (χ0) is 20.0. The Morgan fingerprint density at radius 3 is 2.30 bits per heavy atom. The monoisotopic (exact) mass is 394 g/mol. The normalized spacial score (nSPS) is 19.8. The van der Waals surface area contributed by atoms with Crippen molar-refractivity contribution in [3.05, 3.63) is 36.4 Å². The lowest BCUT2D eigenvalue weighted by atomic mass is 9.82. The molecule has 2 rings (SSSR count). The Bertz CT molecular complexity index is 802. The summed E-state index contributed by atoms with van der Waals surface area (Å²) in [5, 5.41) is 12.0. The summed E-state index contributed by atoms with van der Waals surface area (Å²) in [5.74, 6) is -2.75. The highest BCUT2D eigenvalue weighted by molar-refractivity contribution is 7.89. The molecular weight excluding hydrogens is 368 g/mol. The van der Waals surface area contributed by atoms with Gasteiger partial charge in [0.05, 0.1) is 16.7 Å². The van der Waals surface area contributed by atoms with Crippen LogP contribution in [0, 0.1) is 11.8 Å². The maximum Gasteiger partial charge on any atom is 0.307 e. The van der Waals surface area contributed by atoms with Crippen molar-refractivity contribution in [3.63, 3.8) is 0 Å². The van der Waals surface area contributed by atoms with Gasteiger partial charge in [0.25, 0.3) is 0 Å². The predicted octanol–water partition coefficient (Wildman–Crippen LogP) is 2.71. The molecule has 0 fully saturated rings. The summed E-state index contributed by atoms with van der Waals surface area (Å²) in [6.45, 7) is 2.44. The third-order valence-corrected chi connectivity index (χ3v) is 6.61. The van der Waals surface area contributed by atoms with Gasteiger partial charge in [0.15, 0.2) is 0 Å². The van der Waals surface area contributed by atoms with Gasteiger partial charge in [-0.25, -0.2) is 12.7 Å². The van der Waals surface area contributed by atoms with Crippen LogP contribution in [0.4, 0.5) is 5.69 Å². The molecule has 0 spiro atoms. The van der Waals surface area contributed by atoms with Crippen molar-refractivity contribution in [1.29, 1.82) is 0 Å². The molecule has 2 N–H and O–H groups in total. The van der Waals surface area contributed by atoms with Crippen molar-refractivity contribution in [1.82, 2.24) is 4.31 Å². The SMILES string of the molecule is CCCCN(C)S(=O)(=O)c1ccc(NC(=O)[C@H]2CC=CC[C@@H]2C(=O)O)cc1. The molecule has 148 valence electrons. The van der Waals surface area contributed by atoms with Crippen LogP contribution in [0.15, 0.2) is 41.3 Å². The molecule has 1 aromatic rings. The topological polar surface area (TPSA) is 104 Å². The lowest BCUT2D eigenvalue weighted by Crippen LogP contribution is -2.34. The maximum absolute atomic E-state index is 12.5. The number of amides is 1. The first-order valence-electron chi connectivity index (χ1n) is 9.02. The lowest BCUT2D eigenvalue weighted by Gasteiger charge is -2.24. The summed E-state index contributed by atoms with van der Waals surface area (Å²) < 4.78 is 26.3. The number of anilines is 1. The smallest absolute Gasteiger partial charge is 0.307 e. The minimum atomic E-state index is -3.56. The summed E-state index contributed by atoms with van der Waals surface area (Å²) >= 11 is 0. The lowest BCUT2D eigenvalue weighted by molar-refractivity contribution is -0.146. The first-order chi connectivity index (χ1) is 12.8. The number of benzene rings is 1. The van der Waals surface area contributed by atoms with Crippen LogP contribution in [0.2, 0.25) is 0 Å². The second-order valence-corrected chi connectivity index (χ2v) is 8.73. The molecule has 7 nitrogen and oxygen atoms in total. The van der Waals surface area contributed by atoms with Crippen molar-refractivity contribution in [2.45, 2.75) is 37.5 Å². The third-order valence-electron chi connectivity index (χ3n) is 4.74. The Morgan fingerprint density at radius 2 is 1.74 bits per heavy atom. The van der Waals surface area contributed by atoms with E-state index in [4.69, 9.17) is 0 Å². The van der Waals surface area contributed by atoms with E-state index in [-0.39, 0.29) is 10.8 Å². The maximum atomic E-state index is 12.5. The van der Waals surface area contributed by atoms with E-state index in [0.717, 1.165) is 12.8 Å². The van der Waals surface area contributed by atoms with Crippen molar-refractivity contribution in [2.75, 3.05) is 18.9 Å². The van der Waals surface area contributed by atoms with Gasteiger partial charge in [0, 0.05) is 19.3 Å². The molecular formula is C19H26N2O5S. The molecule has 0 radical (unpaired) electrons. The number of hydrogen-bond donors (Lipinski definition) is 2. The highest BCUT2D eigenvalue weighted by atomic mass is 32.2. The number of sulfonamides is 1. The first kappa shape index (κ1) is 21.1. The van der Waals surface area contributed by atoms with E-state index in [9.17, 15) is 23.1 Å². The molecule has 1 aromatic carbocycles. The fourth-order valence-corrected chi connectivity index (χ4v) is 4.21. The van der Waals surface area contributed by atoms with Gasteiger partial charge >= 0.3 is 5.97 Å². The van der Waals surface area contributed by atoms with Crippen LogP contribution in [0.5, 0.6) is 0 Å². The number of rotatable bonds is 8. The van der Waals surface area contributed by atoms with Gasteiger partial charge in [-0.2, -0.15) is 0 Å². The molecule has 0 heterocycles. The number of nitrogens with zero attached hydrogens (tertiary/aromatic N) is 1. The van der Waals surface area contributed by atoms with E-state index in [1.165, 1.54) is 28.6 Å². The number of hydrogen-bond acceptors (Lipinski definition) is 4. The molecule has 2 atom stereocenters. The summed E-state index contributed by atoms with van der Waals surface area (Å²) in [6, 6.07) is 5.94. The molecule has 1 aliphatic rings. The summed E-state index contributed by atoms with van der Waals surface area (Å²) in [6.07, 6.45) is 5.97. The molecule has 0 aromatic heterocycles. The summed E-state index contributed by atoms with van der Waals surface area (Å²) in [5.41, 5.74) is 0.439. The van der Waals surface area contributed by atoms with Crippen LogP contribution in [-0.2, 0) is 19.6 Å². The number of allylic oxidation sites excluding steroid dienone is 2. The molecule has 0 saturated carbocycles. The quantitative estimate of drug-likeness (QED) is 0.660. The molecule has 0 saturated heterocycles. The van der Waals surface area contributed by atoms with Gasteiger partial charge in [-0.1, -0.05) is 25.5 Å². The Kier molecular flexibility index (Phi) is 7.15. The molecule has 1 amide bonds. The highest BCUT2D eigenvalue weighted by Gasteiger charge is 2.34. The molecule has 0 bridgehead atoms. The van der Waals surface area contributed by atoms with Crippen LogP contribution < -0.4 is 5.32 Å². The van der Waals surface area contributed by atoms with Crippen LogP contribution in [0.25, 0.3) is 0 Å². The van der Waals surface area contributed by atoms with Crippen LogP contribution in [-0.4, -0.2) is 43.3 Å². The number of aliphatic carboxylic acids is 1. The van der Waals surface area contributed by atoms with E-state index in [1.54, 1.807) is 13.1 Å². The summed E-state index contributed by atoms with van der Waals surface area (Å²) in [4.78, 5) is 23.9. The van der Waals surface area contributed by atoms with Gasteiger partial charge in [-0.15, -0.1) is 0 Å². The Morgan fingerprint density at radius 1 is 1.15 bits per heavy atom. The standard InChI is InChI=1S/C19H26N2O5S/c1-3-4-13-21(2)27(25,26)15-11-9-14(10-12-15)20-18(22)16-7-5-6-8-17(16)19(23)24/h5-6,9-12,16-17H,3-4,7-8,13H2,1-2H3,(H,20,22)(H,23,24)/t16-,17-/m0/s1. The van der Waals surface area contributed by atoms with Gasteiger partial charge < -0.3 is 10.4 Å². The zero-order valence-electron chi connectivity index (χ0n) is 15.6. The molecule has 0 aliphatic heterocycles. The molecule has 1 aliphatic carbocycles. The average molecular weight is 394 g/mol. The third kappa shape index (κ3) is 5.17. The minimum absolute atomic E-state index is 0.156. The molecule has 27 heavy (non-hydrogen) atoms. The van der Waals surface area contributed by atoms with Crippen molar-refractivity contribution >= 4 is 27.6 Å². The fourth-order valence-electron chi connectivity index (χ4n) is 3.00. The van der Waals surface area contributed by atoms with Gasteiger partial charge in [-0.3, -0.25) is 9.59 Å². The number of unbranched alkanes of at least 4 members (excludes halogenated alkanes) is 1. The van der Waals surface area contributed by atoms with Crippen molar-refractivity contribution in [2.24, 2.45) is 11.8 Å². The number of carbonyl (C=O) groups is 2. The number of nitrogens with one attached hydrogen (secondary N) is 1. The largest absolute Gasteiger partial charge is 0.481 e. The van der Waals surface area contributed by atoms with Gasteiger partial charge in [0.1, 0.15) is 0 Å². The Labute approximate surface area is 160 Å². The van der Waals surface area contributed by atoms with Crippen LogP contribution >= 0.6 is 0 Å². The van der Waals surface area contributed by atoms with Crippen LogP contribution in [0.3, 0.4) is 0 Å². The summed E-state index contributed by atoms with van der Waals surface area (Å²) in [7, 11) is -2.02. The van der Waals surface area contributed by atoms with E-state index in [1.807, 2.05) is 13.0 Å². The van der Waals surface area contributed by atoms with E-state index < -0.39 is 27.8 Å². The van der Waals surface area contributed by atoms with Crippen LogP contribution in [0.1, 0.15) is 32.6 Å². The number of carbonyl (C=O) groups excluding carboxylic acids is 1. The second-order valence-electron chi connectivity index (χ2n) is 6.69. The first-order valence-corrected chi connectivity index (χ1v) is 10.5. The zero-order valence-corrected chi connectivity index (χ0v) is 16.4. The van der Waals surface area contributed by atoms with Crippen molar-refractivity contribution < 1.29 is 23.1 Å². The Hall–Kier alpha value is -2.19. The average Bonchev–Trinajstić information content (AvgIpc) is 2.66. The Balaban J connectivity index is 2.08.